The Morgan fingerprint density at radius 3 is 2.21 bits per heavy atom. The molecule has 52 heavy (non-hydrogen) atoms. The SMILES string of the molecule is C[C@@H](NC(=O)[C@@H]1CCCN1C(=O)[C@H](NC(=O)N1CCOCC1)c1ccccc1)c1ccc(-c2ccc(-c3cnc([C@@H]4CCCN4C=O)[nH]3)cc2)cc1. The highest BCUT2D eigenvalue weighted by Gasteiger charge is 2.39. The van der Waals surface area contributed by atoms with E-state index in [0.29, 0.717) is 51.3 Å². The third-order valence-electron chi connectivity index (χ3n) is 10.4. The molecule has 7 rings (SSSR count). The Bertz CT molecular complexity index is 1860. The number of aromatic amines is 1. The van der Waals surface area contributed by atoms with E-state index >= 15 is 0 Å². The maximum atomic E-state index is 14.1. The van der Waals surface area contributed by atoms with E-state index in [-0.39, 0.29) is 29.9 Å². The van der Waals surface area contributed by atoms with Crippen LogP contribution in [0.4, 0.5) is 4.79 Å². The van der Waals surface area contributed by atoms with Crippen molar-refractivity contribution in [1.29, 1.82) is 0 Å². The van der Waals surface area contributed by atoms with Crippen molar-refractivity contribution in [3.8, 4) is 22.4 Å². The monoisotopic (exact) mass is 703 g/mol. The zero-order valence-electron chi connectivity index (χ0n) is 29.4. The van der Waals surface area contributed by atoms with Gasteiger partial charge in [0.1, 0.15) is 17.9 Å². The quantitative estimate of drug-likeness (QED) is 0.199. The normalized spacial score (nSPS) is 20.0. The van der Waals surface area contributed by atoms with E-state index in [0.717, 1.165) is 59.6 Å². The molecule has 3 aliphatic heterocycles. The third kappa shape index (κ3) is 7.57. The number of carbonyl (C=O) groups excluding carboxylic acids is 4. The molecule has 3 saturated heterocycles. The van der Waals surface area contributed by atoms with Crippen molar-refractivity contribution in [3.05, 3.63) is 102 Å². The molecule has 3 N–H and O–H groups in total. The maximum Gasteiger partial charge on any atom is 0.318 e. The largest absolute Gasteiger partial charge is 0.378 e. The second kappa shape index (κ2) is 15.8. The van der Waals surface area contributed by atoms with Crippen LogP contribution in [0.25, 0.3) is 22.4 Å². The first kappa shape index (κ1) is 34.9. The van der Waals surface area contributed by atoms with Gasteiger partial charge in [0.05, 0.1) is 37.2 Å². The van der Waals surface area contributed by atoms with Crippen molar-refractivity contribution < 1.29 is 23.9 Å². The van der Waals surface area contributed by atoms with E-state index < -0.39 is 12.1 Å². The molecule has 0 bridgehead atoms. The van der Waals surface area contributed by atoms with Crippen LogP contribution in [0.5, 0.6) is 0 Å². The van der Waals surface area contributed by atoms with Gasteiger partial charge in [0.25, 0.3) is 5.91 Å². The Morgan fingerprint density at radius 2 is 1.50 bits per heavy atom. The summed E-state index contributed by atoms with van der Waals surface area (Å²) in [5, 5.41) is 6.08. The van der Waals surface area contributed by atoms with E-state index in [9.17, 15) is 19.2 Å². The van der Waals surface area contributed by atoms with Gasteiger partial charge in [0, 0.05) is 26.2 Å². The highest BCUT2D eigenvalue weighted by Crippen LogP contribution is 2.31. The van der Waals surface area contributed by atoms with E-state index in [1.807, 2.05) is 67.7 Å². The number of nitrogens with one attached hydrogen (secondary N) is 3. The smallest absolute Gasteiger partial charge is 0.318 e. The van der Waals surface area contributed by atoms with Crippen LogP contribution in [0.1, 0.15) is 67.7 Å². The van der Waals surface area contributed by atoms with Crippen molar-refractivity contribution >= 4 is 24.3 Å². The van der Waals surface area contributed by atoms with Crippen LogP contribution in [0.2, 0.25) is 0 Å². The molecule has 4 aromatic rings. The van der Waals surface area contributed by atoms with E-state index in [4.69, 9.17) is 4.74 Å². The van der Waals surface area contributed by atoms with Crippen LogP contribution >= 0.6 is 0 Å². The molecule has 0 aliphatic carbocycles. The minimum atomic E-state index is -0.910. The van der Waals surface area contributed by atoms with E-state index in [2.05, 4.69) is 44.9 Å². The summed E-state index contributed by atoms with van der Waals surface area (Å²) >= 11 is 0. The van der Waals surface area contributed by atoms with Crippen LogP contribution in [-0.2, 0) is 19.1 Å². The Labute approximate surface area is 303 Å². The lowest BCUT2D eigenvalue weighted by atomic mass is 9.99. The van der Waals surface area contributed by atoms with Crippen LogP contribution < -0.4 is 10.6 Å². The number of nitrogens with zero attached hydrogens (tertiary/aromatic N) is 4. The molecular formula is C40H45N7O5. The Kier molecular flexibility index (Phi) is 10.6. The summed E-state index contributed by atoms with van der Waals surface area (Å²) in [6.07, 6.45) is 5.87. The van der Waals surface area contributed by atoms with E-state index in [1.165, 1.54) is 0 Å². The van der Waals surface area contributed by atoms with Crippen molar-refractivity contribution in [2.75, 3.05) is 39.4 Å². The average Bonchev–Trinajstić information content (AvgIpc) is 3.99. The molecule has 12 nitrogen and oxygen atoms in total. The minimum absolute atomic E-state index is 0.00259. The summed E-state index contributed by atoms with van der Waals surface area (Å²) < 4.78 is 5.38. The molecule has 0 spiro atoms. The Balaban J connectivity index is 0.978. The number of benzene rings is 3. The van der Waals surface area contributed by atoms with Gasteiger partial charge in [-0.1, -0.05) is 78.9 Å². The zero-order valence-corrected chi connectivity index (χ0v) is 29.4. The molecule has 3 aromatic carbocycles. The number of aromatic nitrogens is 2. The number of H-pyrrole nitrogens is 1. The molecule has 3 fully saturated rings. The molecule has 0 unspecified atom stereocenters. The second-order valence-corrected chi connectivity index (χ2v) is 13.7. The van der Waals surface area contributed by atoms with E-state index in [1.54, 1.807) is 14.7 Å². The van der Waals surface area contributed by atoms with Crippen molar-refractivity contribution in [1.82, 2.24) is 35.3 Å². The predicted molar refractivity (Wildman–Crippen MR) is 196 cm³/mol. The molecule has 0 radical (unpaired) electrons. The molecule has 4 atom stereocenters. The molecule has 0 saturated carbocycles. The van der Waals surface area contributed by atoms with Crippen molar-refractivity contribution in [2.24, 2.45) is 0 Å². The lowest BCUT2D eigenvalue weighted by molar-refractivity contribution is -0.140. The molecule has 270 valence electrons. The highest BCUT2D eigenvalue weighted by molar-refractivity contribution is 5.93. The first-order chi connectivity index (χ1) is 25.4. The van der Waals surface area contributed by atoms with Crippen LogP contribution in [0, 0.1) is 0 Å². The number of hydrogen-bond acceptors (Lipinski definition) is 6. The average molecular weight is 704 g/mol. The number of carbonyl (C=O) groups is 4. The Morgan fingerprint density at radius 1 is 0.827 bits per heavy atom. The maximum absolute atomic E-state index is 14.1. The zero-order chi connectivity index (χ0) is 36.0. The first-order valence-electron chi connectivity index (χ1n) is 18.2. The van der Waals surface area contributed by atoms with Gasteiger partial charge in [0.15, 0.2) is 0 Å². The van der Waals surface area contributed by atoms with Gasteiger partial charge in [-0.05, 0) is 60.4 Å². The fourth-order valence-corrected chi connectivity index (χ4v) is 7.44. The highest BCUT2D eigenvalue weighted by atomic mass is 16.5. The lowest BCUT2D eigenvalue weighted by Gasteiger charge is -2.32. The van der Waals surface area contributed by atoms with Crippen LogP contribution in [0.15, 0.2) is 85.1 Å². The fourth-order valence-electron chi connectivity index (χ4n) is 7.44. The Hall–Kier alpha value is -5.49. The number of likely N-dealkylation sites (tertiary alicyclic amines) is 2. The molecular weight excluding hydrogens is 658 g/mol. The standard InChI is InChI=1S/C40H45N7O5/c1-27(28-11-13-29(14-12-28)30-15-17-31(18-16-30)33-25-41-37(43-33)34-9-5-19-46(34)26-48)42-38(49)35-10-6-20-47(35)39(50)36(32-7-3-2-4-8-32)44-40(51)45-21-23-52-24-22-45/h2-4,7-8,11-18,25-27,34-36H,5-6,9-10,19-24H2,1H3,(H,41,43)(H,42,49)(H,44,51)/t27-,34+,35+,36-/m1/s1. The molecule has 12 heteroatoms. The molecule has 5 amide bonds. The number of urea groups is 1. The summed E-state index contributed by atoms with van der Waals surface area (Å²) in [5.74, 6) is 0.315. The predicted octanol–water partition coefficient (Wildman–Crippen LogP) is 4.99. The first-order valence-corrected chi connectivity index (χ1v) is 18.2. The van der Waals surface area contributed by atoms with Gasteiger partial charge in [-0.15, -0.1) is 0 Å². The summed E-state index contributed by atoms with van der Waals surface area (Å²) in [4.78, 5) is 65.3. The molecule has 4 heterocycles. The van der Waals surface area contributed by atoms with Gasteiger partial charge in [-0.3, -0.25) is 14.4 Å². The van der Waals surface area contributed by atoms with Crippen LogP contribution in [-0.4, -0.2) is 94.4 Å². The van der Waals surface area contributed by atoms with Gasteiger partial charge >= 0.3 is 6.03 Å². The fraction of sp³-hybridized carbons (Fsp3) is 0.375. The third-order valence-corrected chi connectivity index (χ3v) is 10.4. The number of amides is 5. The topological polar surface area (TPSA) is 140 Å². The van der Waals surface area contributed by atoms with Crippen molar-refractivity contribution in [2.45, 2.75) is 56.8 Å². The second-order valence-electron chi connectivity index (χ2n) is 13.7. The van der Waals surface area contributed by atoms with Gasteiger partial charge < -0.3 is 35.1 Å². The lowest BCUT2D eigenvalue weighted by Crippen LogP contribution is -2.53. The summed E-state index contributed by atoms with van der Waals surface area (Å²) in [7, 11) is 0. The summed E-state index contributed by atoms with van der Waals surface area (Å²) in [6.45, 7) is 4.97. The number of hydrogen-bond donors (Lipinski definition) is 3. The number of morpholine rings is 1. The van der Waals surface area contributed by atoms with Crippen LogP contribution in [0.3, 0.4) is 0 Å². The number of ether oxygens (including phenoxy) is 1. The minimum Gasteiger partial charge on any atom is -0.378 e. The van der Waals surface area contributed by atoms with Gasteiger partial charge in [-0.2, -0.15) is 0 Å². The summed E-state index contributed by atoms with van der Waals surface area (Å²) in [5.41, 5.74) is 5.65. The molecule has 3 aliphatic rings. The van der Waals surface area contributed by atoms with Crippen molar-refractivity contribution in [3.63, 3.8) is 0 Å². The summed E-state index contributed by atoms with van der Waals surface area (Å²) in [6, 6.07) is 23.4. The number of imidazole rings is 1. The number of rotatable bonds is 10. The molecule has 1 aromatic heterocycles. The van der Waals surface area contributed by atoms with Gasteiger partial charge in [0.2, 0.25) is 12.3 Å². The van der Waals surface area contributed by atoms with Gasteiger partial charge in [-0.25, -0.2) is 9.78 Å².